The minimum absolute atomic E-state index is 0.0911. The maximum absolute atomic E-state index is 13.7. The highest BCUT2D eigenvalue weighted by Gasteiger charge is 2.70. The highest BCUT2D eigenvalue weighted by molar-refractivity contribution is 6.38. The molecule has 1 heterocycles. The number of rotatable bonds is 11. The molecule has 240 valence electrons. The van der Waals surface area contributed by atoms with Crippen molar-refractivity contribution in [3.05, 3.63) is 35.9 Å². The summed E-state index contributed by atoms with van der Waals surface area (Å²) in [5.41, 5.74) is -0.314. The molecular weight excluding hydrogens is 566 g/mol. The number of carbonyl (C=O) groups is 6. The van der Waals surface area contributed by atoms with Crippen LogP contribution in [0, 0.1) is 23.2 Å². The van der Waals surface area contributed by atoms with Gasteiger partial charge in [-0.1, -0.05) is 57.0 Å². The van der Waals surface area contributed by atoms with Crippen molar-refractivity contribution in [3.63, 3.8) is 0 Å². The fourth-order valence-corrected chi connectivity index (χ4v) is 6.08. The summed E-state index contributed by atoms with van der Waals surface area (Å²) in [6.45, 7) is 9.21. The first kappa shape index (κ1) is 32.9. The van der Waals surface area contributed by atoms with E-state index in [-0.39, 0.29) is 35.5 Å². The van der Waals surface area contributed by atoms with E-state index in [1.165, 1.54) is 9.80 Å². The number of nitrogens with one attached hydrogen (secondary N) is 3. The number of Topliss-reactive ketones (excluding diaryl/α,β-unsaturated/α-hetero) is 1. The van der Waals surface area contributed by atoms with Crippen LogP contribution in [0.25, 0.3) is 0 Å². The molecule has 5 amide bonds. The lowest BCUT2D eigenvalue weighted by Crippen LogP contribution is -2.56. The van der Waals surface area contributed by atoms with E-state index in [0.29, 0.717) is 12.1 Å². The summed E-state index contributed by atoms with van der Waals surface area (Å²) >= 11 is 0. The molecule has 3 N–H and O–H groups in total. The summed E-state index contributed by atoms with van der Waals surface area (Å²) in [4.78, 5) is 81.2. The van der Waals surface area contributed by atoms with Gasteiger partial charge in [0.05, 0.1) is 12.6 Å². The van der Waals surface area contributed by atoms with Crippen molar-refractivity contribution in [1.82, 2.24) is 25.8 Å². The minimum Gasteiger partial charge on any atom is -0.444 e. The van der Waals surface area contributed by atoms with E-state index in [0.717, 1.165) is 12.8 Å². The smallest absolute Gasteiger partial charge is 0.410 e. The molecular formula is C32H45N5O7. The van der Waals surface area contributed by atoms with Crippen LogP contribution in [0.4, 0.5) is 4.79 Å². The molecule has 3 aliphatic rings. The van der Waals surface area contributed by atoms with E-state index < -0.39 is 59.9 Å². The van der Waals surface area contributed by atoms with Crippen LogP contribution in [0.3, 0.4) is 0 Å². The Morgan fingerprint density at radius 2 is 1.66 bits per heavy atom. The summed E-state index contributed by atoms with van der Waals surface area (Å²) in [5.74, 6) is -3.15. The van der Waals surface area contributed by atoms with Gasteiger partial charge in [-0.05, 0) is 55.9 Å². The summed E-state index contributed by atoms with van der Waals surface area (Å²) in [5, 5.41) is 7.74. The van der Waals surface area contributed by atoms with Gasteiger partial charge in [-0.25, -0.2) is 4.79 Å². The Balaban J connectivity index is 1.40. The van der Waals surface area contributed by atoms with Crippen molar-refractivity contribution in [1.29, 1.82) is 0 Å². The number of likely N-dealkylation sites (tertiary alicyclic amines) is 1. The normalized spacial score (nSPS) is 23.0. The average molecular weight is 612 g/mol. The van der Waals surface area contributed by atoms with E-state index in [1.54, 1.807) is 65.2 Å². The van der Waals surface area contributed by atoms with E-state index in [9.17, 15) is 28.8 Å². The van der Waals surface area contributed by atoms with E-state index in [1.807, 2.05) is 0 Å². The summed E-state index contributed by atoms with van der Waals surface area (Å²) in [7, 11) is 3.14. The van der Waals surface area contributed by atoms with Crippen LogP contribution in [0.1, 0.15) is 65.5 Å². The van der Waals surface area contributed by atoms with Gasteiger partial charge in [0.25, 0.3) is 5.91 Å². The number of ketones is 1. The maximum atomic E-state index is 13.7. The Bertz CT molecular complexity index is 1300. The first-order chi connectivity index (χ1) is 20.5. The van der Waals surface area contributed by atoms with Gasteiger partial charge >= 0.3 is 6.09 Å². The first-order valence-corrected chi connectivity index (χ1v) is 15.2. The molecule has 5 atom stereocenters. The average Bonchev–Trinajstić information content (AvgIpc) is 3.80. The molecule has 1 aromatic carbocycles. The number of carbonyl (C=O) groups excluding carboxylic acids is 6. The van der Waals surface area contributed by atoms with Gasteiger partial charge in [-0.3, -0.25) is 28.9 Å². The predicted molar refractivity (Wildman–Crippen MR) is 161 cm³/mol. The SMILES string of the molecule is CN(C)C(=O)C(NC(=O)CNC(=O)C(=O)C(CC1CC1)NC(=O)C1[C@@H]2[C@H](CN1C(=O)OC(C)(C)C)C2(C)C)c1ccccc1. The number of hydrogen-bond acceptors (Lipinski definition) is 7. The van der Waals surface area contributed by atoms with Gasteiger partial charge in [-0.2, -0.15) is 0 Å². The number of fused-ring (bicyclic) bond motifs is 1. The topological polar surface area (TPSA) is 154 Å². The molecule has 44 heavy (non-hydrogen) atoms. The second-order valence-corrected chi connectivity index (χ2v) is 14.0. The molecule has 4 rings (SSSR count). The van der Waals surface area contributed by atoms with Crippen molar-refractivity contribution >= 4 is 35.5 Å². The number of ether oxygens (including phenoxy) is 1. The number of piperidine rings is 1. The summed E-state index contributed by atoms with van der Waals surface area (Å²) in [6, 6.07) is 5.80. The molecule has 1 aromatic rings. The monoisotopic (exact) mass is 611 g/mol. The van der Waals surface area contributed by atoms with Crippen LogP contribution in [-0.2, 0) is 28.7 Å². The number of amides is 5. The van der Waals surface area contributed by atoms with Crippen molar-refractivity contribution in [2.75, 3.05) is 27.2 Å². The lowest BCUT2D eigenvalue weighted by molar-refractivity contribution is -0.141. The standard InChI is InChI=1S/C32H45N5O7/c1-31(2,3)44-30(43)37-17-20-23(32(20,4)5)25(37)27(40)34-21(15-18-13-14-18)26(39)28(41)33-16-22(38)35-24(29(42)36(6)7)19-11-9-8-10-12-19/h8-12,18,20-21,23-25H,13-17H2,1-7H3,(H,33,41)(H,34,40)(H,35,38)/t20-,21?,23-,24?,25?/m0/s1. The van der Waals surface area contributed by atoms with Crippen LogP contribution in [0.15, 0.2) is 30.3 Å². The Hall–Kier alpha value is -3.96. The van der Waals surface area contributed by atoms with Crippen molar-refractivity contribution in [2.45, 2.75) is 77.6 Å². The van der Waals surface area contributed by atoms with Gasteiger partial charge in [0, 0.05) is 20.6 Å². The molecule has 12 heteroatoms. The molecule has 3 unspecified atom stereocenters. The lowest BCUT2D eigenvalue weighted by atomic mass is 9.99. The van der Waals surface area contributed by atoms with Gasteiger partial charge < -0.3 is 25.6 Å². The Kier molecular flexibility index (Phi) is 9.41. The molecule has 0 radical (unpaired) electrons. The fourth-order valence-electron chi connectivity index (χ4n) is 6.08. The Labute approximate surface area is 258 Å². The van der Waals surface area contributed by atoms with Gasteiger partial charge in [0.2, 0.25) is 23.5 Å². The Morgan fingerprint density at radius 1 is 1.02 bits per heavy atom. The lowest BCUT2D eigenvalue weighted by Gasteiger charge is -2.32. The third kappa shape index (κ3) is 7.57. The van der Waals surface area contributed by atoms with Crippen molar-refractivity contribution in [3.8, 4) is 0 Å². The van der Waals surface area contributed by atoms with Gasteiger partial charge in [0.15, 0.2) is 0 Å². The number of likely N-dealkylation sites (N-methyl/N-ethyl adjacent to an activating group) is 1. The van der Waals surface area contributed by atoms with E-state index in [2.05, 4.69) is 29.8 Å². The van der Waals surface area contributed by atoms with Crippen LogP contribution < -0.4 is 16.0 Å². The van der Waals surface area contributed by atoms with Crippen LogP contribution in [-0.4, -0.2) is 90.2 Å². The predicted octanol–water partition coefficient (Wildman–Crippen LogP) is 1.79. The molecule has 3 fully saturated rings. The molecule has 2 saturated carbocycles. The molecule has 12 nitrogen and oxygen atoms in total. The molecule has 1 saturated heterocycles. The second-order valence-electron chi connectivity index (χ2n) is 14.0. The molecule has 0 bridgehead atoms. The molecule has 2 aliphatic carbocycles. The fraction of sp³-hybridized carbons (Fsp3) is 0.625. The highest BCUT2D eigenvalue weighted by Crippen LogP contribution is 2.65. The molecule has 0 aromatic heterocycles. The van der Waals surface area contributed by atoms with Crippen LogP contribution in [0.2, 0.25) is 0 Å². The largest absolute Gasteiger partial charge is 0.444 e. The van der Waals surface area contributed by atoms with Gasteiger partial charge in [0.1, 0.15) is 17.7 Å². The van der Waals surface area contributed by atoms with Crippen LogP contribution >= 0.6 is 0 Å². The second kappa shape index (κ2) is 12.6. The van der Waals surface area contributed by atoms with Crippen LogP contribution in [0.5, 0.6) is 0 Å². The minimum atomic E-state index is -1.10. The number of hydrogen-bond donors (Lipinski definition) is 3. The zero-order valence-electron chi connectivity index (χ0n) is 26.6. The zero-order valence-corrected chi connectivity index (χ0v) is 26.6. The maximum Gasteiger partial charge on any atom is 0.410 e. The summed E-state index contributed by atoms with van der Waals surface area (Å²) < 4.78 is 5.56. The first-order valence-electron chi connectivity index (χ1n) is 15.2. The number of benzene rings is 1. The zero-order chi connectivity index (χ0) is 32.6. The van der Waals surface area contributed by atoms with Crippen molar-refractivity contribution in [2.24, 2.45) is 23.2 Å². The third-order valence-electron chi connectivity index (χ3n) is 8.76. The van der Waals surface area contributed by atoms with Gasteiger partial charge in [-0.15, -0.1) is 0 Å². The molecule has 0 spiro atoms. The Morgan fingerprint density at radius 3 is 2.23 bits per heavy atom. The van der Waals surface area contributed by atoms with E-state index >= 15 is 0 Å². The van der Waals surface area contributed by atoms with E-state index in [4.69, 9.17) is 4.74 Å². The molecule has 1 aliphatic heterocycles. The van der Waals surface area contributed by atoms with Crippen molar-refractivity contribution < 1.29 is 33.5 Å². The highest BCUT2D eigenvalue weighted by atomic mass is 16.6. The summed E-state index contributed by atoms with van der Waals surface area (Å²) in [6.07, 6.45) is 1.47. The quantitative estimate of drug-likeness (QED) is 0.323. The number of nitrogens with zero attached hydrogens (tertiary/aromatic N) is 2. The third-order valence-corrected chi connectivity index (χ3v) is 8.76.